The van der Waals surface area contributed by atoms with Crippen molar-refractivity contribution in [3.8, 4) is 0 Å². The number of halogens is 2. The van der Waals surface area contributed by atoms with Crippen molar-refractivity contribution in [2.24, 2.45) is 0 Å². The Morgan fingerprint density at radius 2 is 1.45 bits per heavy atom. The van der Waals surface area contributed by atoms with Gasteiger partial charge in [0.05, 0.1) is 11.3 Å². The van der Waals surface area contributed by atoms with Crippen LogP contribution in [0, 0.1) is 32.4 Å². The molecule has 0 saturated heterocycles. The number of anilines is 2. The number of rotatable bonds is 4. The van der Waals surface area contributed by atoms with Gasteiger partial charge in [-0.15, -0.1) is 0 Å². The highest BCUT2D eigenvalue weighted by atomic mass is 19.2. The molecule has 1 N–H and O–H groups in total. The number of hydrogen-bond acceptors (Lipinski definition) is 3. The predicted octanol–water partition coefficient (Wildman–Crippen LogP) is 5.29. The maximum atomic E-state index is 13.7. The van der Waals surface area contributed by atoms with Crippen molar-refractivity contribution in [2.75, 3.05) is 10.2 Å². The third-order valence-electron chi connectivity index (χ3n) is 5.36. The Morgan fingerprint density at radius 3 is 2.10 bits per heavy atom. The third-order valence-corrected chi connectivity index (χ3v) is 5.36. The number of nitrogens with zero attached hydrogens (tertiary/aromatic N) is 1. The topological polar surface area (TPSA) is 49.4 Å². The Morgan fingerprint density at radius 1 is 0.742 bits per heavy atom. The van der Waals surface area contributed by atoms with Gasteiger partial charge in [-0.2, -0.15) is 0 Å². The van der Waals surface area contributed by atoms with Crippen LogP contribution in [-0.4, -0.2) is 11.8 Å². The molecule has 0 aliphatic carbocycles. The number of imide groups is 1. The van der Waals surface area contributed by atoms with Gasteiger partial charge >= 0.3 is 0 Å². The van der Waals surface area contributed by atoms with E-state index in [0.717, 1.165) is 33.7 Å². The van der Waals surface area contributed by atoms with Crippen LogP contribution >= 0.6 is 0 Å². The van der Waals surface area contributed by atoms with E-state index >= 15 is 0 Å². The number of amides is 2. The molecular weight excluding hydrogens is 398 g/mol. The molecule has 0 fully saturated rings. The second-order valence-electron chi connectivity index (χ2n) is 7.58. The maximum Gasteiger partial charge on any atom is 0.282 e. The first-order valence-electron chi connectivity index (χ1n) is 9.75. The minimum absolute atomic E-state index is 0.0137. The van der Waals surface area contributed by atoms with Gasteiger partial charge in [0.15, 0.2) is 11.6 Å². The monoisotopic (exact) mass is 418 g/mol. The van der Waals surface area contributed by atoms with Crippen molar-refractivity contribution in [1.29, 1.82) is 0 Å². The van der Waals surface area contributed by atoms with E-state index in [0.29, 0.717) is 11.3 Å². The summed E-state index contributed by atoms with van der Waals surface area (Å²) in [6, 6.07) is 15.7. The molecule has 1 heterocycles. The van der Waals surface area contributed by atoms with Crippen LogP contribution in [0.25, 0.3) is 5.57 Å². The highest BCUT2D eigenvalue weighted by Crippen LogP contribution is 2.34. The van der Waals surface area contributed by atoms with E-state index in [1.807, 2.05) is 45.0 Å². The van der Waals surface area contributed by atoms with E-state index in [1.54, 1.807) is 18.2 Å². The van der Waals surface area contributed by atoms with Gasteiger partial charge in [-0.1, -0.05) is 35.9 Å². The molecule has 2 amide bonds. The zero-order valence-electron chi connectivity index (χ0n) is 17.3. The molecule has 0 atom stereocenters. The molecule has 156 valence electrons. The SMILES string of the molecule is Cc1ccc(N2C(=O)C(Nc3ccc(F)c(F)c3)=C(c3ccc(C)c(C)c3)C2=O)cc1. The summed E-state index contributed by atoms with van der Waals surface area (Å²) in [4.78, 5) is 27.8. The van der Waals surface area contributed by atoms with Crippen LogP contribution < -0.4 is 10.2 Å². The molecule has 31 heavy (non-hydrogen) atoms. The Balaban J connectivity index is 1.84. The van der Waals surface area contributed by atoms with Crippen LogP contribution in [0.5, 0.6) is 0 Å². The lowest BCUT2D eigenvalue weighted by molar-refractivity contribution is -0.120. The fraction of sp³-hybridized carbons (Fsp3) is 0.120. The second kappa shape index (κ2) is 7.80. The van der Waals surface area contributed by atoms with E-state index in [2.05, 4.69) is 5.32 Å². The molecule has 0 radical (unpaired) electrons. The molecule has 4 nitrogen and oxygen atoms in total. The van der Waals surface area contributed by atoms with Crippen molar-refractivity contribution < 1.29 is 18.4 Å². The van der Waals surface area contributed by atoms with Gasteiger partial charge in [0, 0.05) is 11.8 Å². The minimum atomic E-state index is -1.05. The third kappa shape index (κ3) is 3.72. The van der Waals surface area contributed by atoms with Crippen molar-refractivity contribution in [1.82, 2.24) is 0 Å². The lowest BCUT2D eigenvalue weighted by Gasteiger charge is -2.15. The zero-order chi connectivity index (χ0) is 22.3. The van der Waals surface area contributed by atoms with Crippen LogP contribution in [0.4, 0.5) is 20.2 Å². The van der Waals surface area contributed by atoms with E-state index in [4.69, 9.17) is 0 Å². The Hall–Kier alpha value is -3.80. The Bertz CT molecular complexity index is 1250. The molecule has 0 saturated carbocycles. The summed E-state index contributed by atoms with van der Waals surface area (Å²) in [7, 11) is 0. The normalized spacial score (nSPS) is 13.9. The molecule has 3 aromatic carbocycles. The average molecular weight is 418 g/mol. The van der Waals surface area contributed by atoms with Gasteiger partial charge in [-0.25, -0.2) is 13.7 Å². The van der Waals surface area contributed by atoms with E-state index in [1.165, 1.54) is 6.07 Å². The first-order valence-corrected chi connectivity index (χ1v) is 9.75. The summed E-state index contributed by atoms with van der Waals surface area (Å²) in [5.74, 6) is -3.09. The van der Waals surface area contributed by atoms with Crippen LogP contribution in [0.2, 0.25) is 0 Å². The number of nitrogens with one attached hydrogen (secondary N) is 1. The van der Waals surface area contributed by atoms with E-state index in [9.17, 15) is 18.4 Å². The molecule has 3 aromatic rings. The van der Waals surface area contributed by atoms with Gasteiger partial charge in [-0.3, -0.25) is 9.59 Å². The van der Waals surface area contributed by atoms with Gasteiger partial charge < -0.3 is 5.32 Å². The first-order chi connectivity index (χ1) is 14.8. The summed E-state index contributed by atoms with van der Waals surface area (Å²) < 4.78 is 27.1. The Labute approximate surface area is 178 Å². The molecule has 4 rings (SSSR count). The molecule has 6 heteroatoms. The molecule has 0 aromatic heterocycles. The van der Waals surface area contributed by atoms with E-state index in [-0.39, 0.29) is 17.0 Å². The van der Waals surface area contributed by atoms with Crippen LogP contribution in [0.3, 0.4) is 0 Å². The van der Waals surface area contributed by atoms with Crippen molar-refractivity contribution in [3.05, 3.63) is 100 Å². The lowest BCUT2D eigenvalue weighted by atomic mass is 9.99. The highest BCUT2D eigenvalue weighted by Gasteiger charge is 2.40. The first kappa shape index (κ1) is 20.5. The second-order valence-corrected chi connectivity index (χ2v) is 7.58. The largest absolute Gasteiger partial charge is 0.350 e. The van der Waals surface area contributed by atoms with Gasteiger partial charge in [0.25, 0.3) is 11.8 Å². The summed E-state index contributed by atoms with van der Waals surface area (Å²) in [6.07, 6.45) is 0. The standard InChI is InChI=1S/C25H20F2N2O2/c1-14-4-9-19(10-5-14)29-24(30)22(17-7-6-15(2)16(3)12-17)23(25(29)31)28-18-8-11-20(26)21(27)13-18/h4-13,28H,1-3H3. The summed E-state index contributed by atoms with van der Waals surface area (Å²) in [5.41, 5.74) is 4.37. The minimum Gasteiger partial charge on any atom is -0.350 e. The van der Waals surface area contributed by atoms with Crippen LogP contribution in [0.1, 0.15) is 22.3 Å². The van der Waals surface area contributed by atoms with Gasteiger partial charge in [0.2, 0.25) is 0 Å². The van der Waals surface area contributed by atoms with Crippen molar-refractivity contribution >= 4 is 28.8 Å². The summed E-state index contributed by atoms with van der Waals surface area (Å²) in [6.45, 7) is 5.78. The molecule has 0 bridgehead atoms. The molecule has 0 spiro atoms. The van der Waals surface area contributed by atoms with Crippen LogP contribution in [0.15, 0.2) is 66.4 Å². The summed E-state index contributed by atoms with van der Waals surface area (Å²) >= 11 is 0. The van der Waals surface area contributed by atoms with Crippen LogP contribution in [-0.2, 0) is 9.59 Å². The molecule has 1 aliphatic heterocycles. The summed E-state index contributed by atoms with van der Waals surface area (Å²) in [5, 5.41) is 2.84. The molecular formula is C25H20F2N2O2. The molecule has 0 unspecified atom stereocenters. The lowest BCUT2D eigenvalue weighted by Crippen LogP contribution is -2.32. The van der Waals surface area contributed by atoms with Crippen molar-refractivity contribution in [3.63, 3.8) is 0 Å². The van der Waals surface area contributed by atoms with Gasteiger partial charge in [0.1, 0.15) is 5.70 Å². The zero-order valence-corrected chi connectivity index (χ0v) is 17.3. The number of hydrogen-bond donors (Lipinski definition) is 1. The predicted molar refractivity (Wildman–Crippen MR) is 116 cm³/mol. The maximum absolute atomic E-state index is 13.7. The van der Waals surface area contributed by atoms with Gasteiger partial charge in [-0.05, 0) is 61.7 Å². The number of carbonyl (C=O) groups is 2. The quantitative estimate of drug-likeness (QED) is 0.586. The smallest absolute Gasteiger partial charge is 0.282 e. The number of benzene rings is 3. The number of aryl methyl sites for hydroxylation is 3. The average Bonchev–Trinajstić information content (AvgIpc) is 2.97. The fourth-order valence-electron chi connectivity index (χ4n) is 3.46. The molecule has 1 aliphatic rings. The highest BCUT2D eigenvalue weighted by molar-refractivity contribution is 6.46. The van der Waals surface area contributed by atoms with Crippen molar-refractivity contribution in [2.45, 2.75) is 20.8 Å². The number of carbonyl (C=O) groups excluding carboxylic acids is 2. The fourth-order valence-corrected chi connectivity index (χ4v) is 3.46. The van der Waals surface area contributed by atoms with E-state index < -0.39 is 23.4 Å². The Kier molecular flexibility index (Phi) is 5.15.